The normalized spacial score (nSPS) is 19.5. The van der Waals surface area contributed by atoms with Crippen LogP contribution in [0, 0.1) is 5.92 Å². The maximum atomic E-state index is 12.7. The topological polar surface area (TPSA) is 52.0 Å². The molecule has 2 rings (SSSR count). The maximum Gasteiger partial charge on any atom is 0.393 e. The number of aryl methyl sites for hydroxylation is 1. The van der Waals surface area contributed by atoms with Crippen molar-refractivity contribution in [3.63, 3.8) is 0 Å². The summed E-state index contributed by atoms with van der Waals surface area (Å²) in [5.41, 5.74) is 0. The van der Waals surface area contributed by atoms with Crippen LogP contribution in [0.3, 0.4) is 0 Å². The fourth-order valence-electron chi connectivity index (χ4n) is 2.16. The van der Waals surface area contributed by atoms with Gasteiger partial charge in [-0.25, -0.2) is 0 Å². The van der Waals surface area contributed by atoms with Gasteiger partial charge in [0.2, 0.25) is 0 Å². The number of nitrogens with one attached hydrogen (secondary N) is 1. The van der Waals surface area contributed by atoms with Gasteiger partial charge in [0.25, 0.3) is 0 Å². The Morgan fingerprint density at radius 3 is 2.89 bits per heavy atom. The first-order chi connectivity index (χ1) is 9.02. The Labute approximate surface area is 109 Å². The maximum absolute atomic E-state index is 12.7. The fourth-order valence-corrected chi connectivity index (χ4v) is 2.16. The van der Waals surface area contributed by atoms with Crippen molar-refractivity contribution in [2.45, 2.75) is 32.1 Å². The highest BCUT2D eigenvalue weighted by atomic mass is 19.4. The van der Waals surface area contributed by atoms with Crippen LogP contribution in [0.4, 0.5) is 13.2 Å². The third kappa shape index (κ3) is 3.44. The van der Waals surface area contributed by atoms with E-state index in [1.165, 1.54) is 0 Å². The Balaban J connectivity index is 1.99. The first-order valence-corrected chi connectivity index (χ1v) is 6.19. The van der Waals surface area contributed by atoms with E-state index in [4.69, 9.17) is 4.74 Å². The highest BCUT2D eigenvalue weighted by molar-refractivity contribution is 5.00. The summed E-state index contributed by atoms with van der Waals surface area (Å²) < 4.78 is 44.7. The molecule has 0 spiro atoms. The molecular weight excluding hydrogens is 261 g/mol. The van der Waals surface area contributed by atoms with Crippen LogP contribution in [0.1, 0.15) is 18.1 Å². The number of methoxy groups -OCH3 is 1. The summed E-state index contributed by atoms with van der Waals surface area (Å²) in [6.07, 6.45) is -3.73. The van der Waals surface area contributed by atoms with Gasteiger partial charge in [-0.15, -0.1) is 10.2 Å². The minimum Gasteiger partial charge on any atom is -0.383 e. The van der Waals surface area contributed by atoms with Crippen LogP contribution in [-0.2, 0) is 24.2 Å². The number of rotatable bonds is 5. The van der Waals surface area contributed by atoms with Crippen LogP contribution in [-0.4, -0.2) is 41.2 Å². The van der Waals surface area contributed by atoms with Gasteiger partial charge in [0.15, 0.2) is 0 Å². The average molecular weight is 278 g/mol. The van der Waals surface area contributed by atoms with Crippen molar-refractivity contribution in [2.75, 3.05) is 20.3 Å². The smallest absolute Gasteiger partial charge is 0.383 e. The number of halogens is 3. The molecule has 1 aliphatic rings. The summed E-state index contributed by atoms with van der Waals surface area (Å²) in [5, 5.41) is 11.0. The molecule has 2 heterocycles. The molecular formula is C11H17F3N4O. The van der Waals surface area contributed by atoms with Gasteiger partial charge in [-0.2, -0.15) is 13.2 Å². The molecule has 1 aliphatic heterocycles. The lowest BCUT2D eigenvalue weighted by molar-refractivity contribution is -0.182. The van der Waals surface area contributed by atoms with E-state index < -0.39 is 12.1 Å². The Morgan fingerprint density at radius 1 is 1.42 bits per heavy atom. The van der Waals surface area contributed by atoms with Crippen molar-refractivity contribution >= 4 is 0 Å². The molecule has 0 bridgehead atoms. The second-order valence-corrected chi connectivity index (χ2v) is 4.59. The lowest BCUT2D eigenvalue weighted by Gasteiger charge is -2.26. The lowest BCUT2D eigenvalue weighted by Crippen LogP contribution is -2.33. The summed E-state index contributed by atoms with van der Waals surface area (Å²) in [6.45, 7) is 1.50. The van der Waals surface area contributed by atoms with Gasteiger partial charge in [0.05, 0.1) is 19.1 Å². The van der Waals surface area contributed by atoms with E-state index in [1.54, 1.807) is 11.7 Å². The number of nitrogens with zero attached hydrogens (tertiary/aromatic N) is 3. The van der Waals surface area contributed by atoms with E-state index in [2.05, 4.69) is 15.5 Å². The summed E-state index contributed by atoms with van der Waals surface area (Å²) in [6, 6.07) is 0. The van der Waals surface area contributed by atoms with Gasteiger partial charge in [-0.05, 0) is 6.42 Å². The van der Waals surface area contributed by atoms with E-state index in [-0.39, 0.29) is 13.0 Å². The van der Waals surface area contributed by atoms with Crippen LogP contribution in [0.2, 0.25) is 0 Å². The Kier molecular flexibility index (Phi) is 4.41. The van der Waals surface area contributed by atoms with Gasteiger partial charge >= 0.3 is 6.18 Å². The molecule has 19 heavy (non-hydrogen) atoms. The molecule has 0 saturated carbocycles. The Bertz CT molecular complexity index is 419. The van der Waals surface area contributed by atoms with Gasteiger partial charge in [0, 0.05) is 26.6 Å². The fraction of sp³-hybridized carbons (Fsp3) is 0.818. The average Bonchev–Trinajstić information content (AvgIpc) is 2.76. The van der Waals surface area contributed by atoms with Crippen molar-refractivity contribution in [1.29, 1.82) is 0 Å². The summed E-state index contributed by atoms with van der Waals surface area (Å²) >= 11 is 0. The van der Waals surface area contributed by atoms with E-state index >= 15 is 0 Å². The molecule has 0 fully saturated rings. The molecule has 0 aromatic carbocycles. The molecule has 1 aromatic rings. The highest BCUT2D eigenvalue weighted by Crippen LogP contribution is 2.34. The van der Waals surface area contributed by atoms with E-state index in [0.29, 0.717) is 37.8 Å². The van der Waals surface area contributed by atoms with Crippen LogP contribution < -0.4 is 5.32 Å². The molecule has 0 amide bonds. The zero-order valence-corrected chi connectivity index (χ0v) is 10.7. The third-order valence-electron chi connectivity index (χ3n) is 3.25. The van der Waals surface area contributed by atoms with Crippen molar-refractivity contribution in [3.8, 4) is 0 Å². The van der Waals surface area contributed by atoms with Crippen molar-refractivity contribution in [3.05, 3.63) is 11.6 Å². The standard InChI is InChI=1S/C11H17F3N4O/c1-19-5-4-15-6-10-17-16-9-3-2-8(7-18(9)10)11(12,13)14/h8,15H,2-7H2,1H3. The Hall–Kier alpha value is -1.15. The van der Waals surface area contributed by atoms with E-state index in [0.717, 1.165) is 0 Å². The SMILES string of the molecule is COCCNCc1nnc2n1CC(C(F)(F)F)CC2. The molecule has 0 aliphatic carbocycles. The minimum absolute atomic E-state index is 0.0763. The molecule has 0 saturated heterocycles. The van der Waals surface area contributed by atoms with Gasteiger partial charge in [-0.3, -0.25) is 0 Å². The number of ether oxygens (including phenoxy) is 1. The van der Waals surface area contributed by atoms with E-state index in [9.17, 15) is 13.2 Å². The first kappa shape index (κ1) is 14.3. The monoisotopic (exact) mass is 278 g/mol. The zero-order chi connectivity index (χ0) is 13.9. The molecule has 8 heteroatoms. The highest BCUT2D eigenvalue weighted by Gasteiger charge is 2.42. The van der Waals surface area contributed by atoms with Crippen molar-refractivity contribution in [1.82, 2.24) is 20.1 Å². The minimum atomic E-state index is -4.15. The number of hydrogen-bond donors (Lipinski definition) is 1. The van der Waals surface area contributed by atoms with Gasteiger partial charge in [0.1, 0.15) is 11.6 Å². The first-order valence-electron chi connectivity index (χ1n) is 6.19. The van der Waals surface area contributed by atoms with Crippen LogP contribution in [0.5, 0.6) is 0 Å². The summed E-state index contributed by atoms with van der Waals surface area (Å²) in [7, 11) is 1.59. The second-order valence-electron chi connectivity index (χ2n) is 4.59. The quantitative estimate of drug-likeness (QED) is 0.821. The summed E-state index contributed by atoms with van der Waals surface area (Å²) in [5.74, 6) is -0.0992. The van der Waals surface area contributed by atoms with Crippen LogP contribution >= 0.6 is 0 Å². The summed E-state index contributed by atoms with van der Waals surface area (Å²) in [4.78, 5) is 0. The predicted octanol–water partition coefficient (Wildman–Crippen LogP) is 1.14. The molecule has 108 valence electrons. The molecule has 1 aromatic heterocycles. The lowest BCUT2D eigenvalue weighted by atomic mass is 9.99. The number of fused-ring (bicyclic) bond motifs is 1. The molecule has 1 N–H and O–H groups in total. The van der Waals surface area contributed by atoms with Gasteiger partial charge < -0.3 is 14.6 Å². The predicted molar refractivity (Wildman–Crippen MR) is 61.5 cm³/mol. The van der Waals surface area contributed by atoms with E-state index in [1.807, 2.05) is 0 Å². The molecule has 1 atom stereocenters. The third-order valence-corrected chi connectivity index (χ3v) is 3.25. The van der Waals surface area contributed by atoms with Crippen molar-refractivity contribution < 1.29 is 17.9 Å². The van der Waals surface area contributed by atoms with Gasteiger partial charge in [-0.1, -0.05) is 0 Å². The number of alkyl halides is 3. The van der Waals surface area contributed by atoms with Crippen LogP contribution in [0.15, 0.2) is 0 Å². The van der Waals surface area contributed by atoms with Crippen LogP contribution in [0.25, 0.3) is 0 Å². The van der Waals surface area contributed by atoms with Crippen molar-refractivity contribution in [2.24, 2.45) is 5.92 Å². The molecule has 1 unspecified atom stereocenters. The largest absolute Gasteiger partial charge is 0.393 e. The zero-order valence-electron chi connectivity index (χ0n) is 10.7. The second kappa shape index (κ2) is 5.87. The number of aromatic nitrogens is 3. The molecule has 0 radical (unpaired) electrons. The number of hydrogen-bond acceptors (Lipinski definition) is 4. The molecule has 5 nitrogen and oxygen atoms in total. The Morgan fingerprint density at radius 2 is 2.21 bits per heavy atom.